The van der Waals surface area contributed by atoms with Crippen LogP contribution in [0.5, 0.6) is 11.5 Å². The first kappa shape index (κ1) is 26.4. The molecule has 0 spiro atoms. The van der Waals surface area contributed by atoms with E-state index in [1.807, 2.05) is 12.1 Å². The fourth-order valence-electron chi connectivity index (χ4n) is 5.18. The molecule has 37 heavy (non-hydrogen) atoms. The van der Waals surface area contributed by atoms with Gasteiger partial charge in [0.15, 0.2) is 17.3 Å². The van der Waals surface area contributed by atoms with E-state index in [1.54, 1.807) is 27.0 Å². The van der Waals surface area contributed by atoms with Crippen LogP contribution in [0.1, 0.15) is 55.2 Å². The Hall–Kier alpha value is -3.62. The minimum Gasteiger partial charge on any atom is -0.493 e. The molecule has 0 aromatic heterocycles. The van der Waals surface area contributed by atoms with Gasteiger partial charge in [0, 0.05) is 29.3 Å². The molecule has 0 radical (unpaired) electrons. The molecule has 196 valence electrons. The Kier molecular flexibility index (Phi) is 7.43. The van der Waals surface area contributed by atoms with Crippen LogP contribution in [0.25, 0.3) is 0 Å². The zero-order chi connectivity index (χ0) is 26.9. The molecule has 2 aromatic carbocycles. The van der Waals surface area contributed by atoms with Gasteiger partial charge in [-0.05, 0) is 61.6 Å². The predicted octanol–water partition coefficient (Wildman–Crippen LogP) is 5.86. The molecule has 2 aliphatic rings. The van der Waals surface area contributed by atoms with Crippen LogP contribution in [-0.4, -0.2) is 38.3 Å². The van der Waals surface area contributed by atoms with Crippen molar-refractivity contribution in [1.82, 2.24) is 0 Å². The summed E-state index contributed by atoms with van der Waals surface area (Å²) < 4.78 is 55.6. The number of Topliss-reactive ketones (excluding diaryl/α,β-unsaturated/α-hetero) is 1. The summed E-state index contributed by atoms with van der Waals surface area (Å²) in [5.74, 6) is -1.52. The molecule has 1 aliphatic heterocycles. The summed E-state index contributed by atoms with van der Waals surface area (Å²) in [5, 5.41) is 0. The molecular weight excluding hydrogens is 487 g/mol. The van der Waals surface area contributed by atoms with Crippen LogP contribution in [0.2, 0.25) is 0 Å². The van der Waals surface area contributed by atoms with Crippen molar-refractivity contribution in [3.05, 3.63) is 70.4 Å². The van der Waals surface area contributed by atoms with Crippen molar-refractivity contribution in [3.8, 4) is 11.5 Å². The number of allylic oxidation sites excluding steroid dienone is 2. The van der Waals surface area contributed by atoms with Gasteiger partial charge < -0.3 is 14.2 Å². The summed E-state index contributed by atoms with van der Waals surface area (Å²) in [6, 6.07) is 10.1. The maximum Gasteiger partial charge on any atom is 0.416 e. The highest BCUT2D eigenvalue weighted by molar-refractivity contribution is 6.09. The molecule has 9 heteroatoms. The average Bonchev–Trinajstić information content (AvgIpc) is 2.86. The number of esters is 1. The fourth-order valence-corrected chi connectivity index (χ4v) is 5.18. The number of benzene rings is 2. The standard InChI is InChI=1S/C28H28F3NO5/c1-5-37-27(34)24-15(2)32-20-12-18(17-8-11-22(35-3)23(14-17)36-4)13-21(33)26(20)25(24)16-6-9-19(10-7-16)28(29,30)31/h6-11,14,18,24-25H,5,12-13H2,1-4H3/t18-,24?,25+/m1/s1. The molecule has 1 aliphatic carbocycles. The topological polar surface area (TPSA) is 74.2 Å². The molecule has 1 heterocycles. The van der Waals surface area contributed by atoms with Crippen molar-refractivity contribution >= 4 is 17.5 Å². The zero-order valence-electron chi connectivity index (χ0n) is 21.0. The normalized spacial score (nSPS) is 21.8. The van der Waals surface area contributed by atoms with Gasteiger partial charge in [-0.25, -0.2) is 0 Å². The molecular formula is C28H28F3NO5. The molecule has 0 N–H and O–H groups in total. The molecule has 1 unspecified atom stereocenters. The summed E-state index contributed by atoms with van der Waals surface area (Å²) in [6.07, 6.45) is -3.91. The number of rotatable bonds is 6. The van der Waals surface area contributed by atoms with Gasteiger partial charge in [0.1, 0.15) is 5.92 Å². The zero-order valence-corrected chi connectivity index (χ0v) is 21.0. The first-order valence-electron chi connectivity index (χ1n) is 12.0. The van der Waals surface area contributed by atoms with E-state index in [1.165, 1.54) is 19.2 Å². The molecule has 0 saturated carbocycles. The number of ether oxygens (including phenoxy) is 3. The summed E-state index contributed by atoms with van der Waals surface area (Å²) in [5.41, 5.74) is 1.87. The third-order valence-corrected chi connectivity index (χ3v) is 6.91. The second-order valence-corrected chi connectivity index (χ2v) is 9.08. The molecule has 6 nitrogen and oxygen atoms in total. The maximum absolute atomic E-state index is 13.6. The number of halogens is 3. The van der Waals surface area contributed by atoms with Crippen LogP contribution in [0, 0.1) is 5.92 Å². The van der Waals surface area contributed by atoms with E-state index < -0.39 is 29.5 Å². The van der Waals surface area contributed by atoms with Gasteiger partial charge in [-0.15, -0.1) is 0 Å². The summed E-state index contributed by atoms with van der Waals surface area (Å²) in [6.45, 7) is 3.49. The highest BCUT2D eigenvalue weighted by Gasteiger charge is 2.45. The van der Waals surface area contributed by atoms with E-state index in [0.717, 1.165) is 17.7 Å². The molecule has 3 atom stereocenters. The van der Waals surface area contributed by atoms with E-state index in [0.29, 0.717) is 40.5 Å². The van der Waals surface area contributed by atoms with Gasteiger partial charge in [-0.1, -0.05) is 18.2 Å². The van der Waals surface area contributed by atoms with Crippen molar-refractivity contribution in [3.63, 3.8) is 0 Å². The van der Waals surface area contributed by atoms with Crippen molar-refractivity contribution in [2.75, 3.05) is 20.8 Å². The Morgan fingerprint density at radius 1 is 1.00 bits per heavy atom. The molecule has 0 fully saturated rings. The maximum atomic E-state index is 13.6. The number of ketones is 1. The average molecular weight is 516 g/mol. The van der Waals surface area contributed by atoms with Crippen LogP contribution in [0.15, 0.2) is 58.7 Å². The van der Waals surface area contributed by atoms with Crippen LogP contribution >= 0.6 is 0 Å². The molecule has 0 amide bonds. The van der Waals surface area contributed by atoms with Gasteiger partial charge in [-0.2, -0.15) is 13.2 Å². The first-order chi connectivity index (χ1) is 17.6. The van der Waals surface area contributed by atoms with Crippen LogP contribution < -0.4 is 9.47 Å². The predicted molar refractivity (Wildman–Crippen MR) is 131 cm³/mol. The lowest BCUT2D eigenvalue weighted by Gasteiger charge is -2.36. The Bertz CT molecular complexity index is 1260. The Morgan fingerprint density at radius 2 is 1.65 bits per heavy atom. The third-order valence-electron chi connectivity index (χ3n) is 6.91. The number of hydrogen-bond acceptors (Lipinski definition) is 6. The van der Waals surface area contributed by atoms with Gasteiger partial charge in [0.25, 0.3) is 0 Å². The number of alkyl halides is 3. The third kappa shape index (κ3) is 5.12. The van der Waals surface area contributed by atoms with Crippen LogP contribution in [0.3, 0.4) is 0 Å². The molecule has 0 saturated heterocycles. The van der Waals surface area contributed by atoms with E-state index in [4.69, 9.17) is 14.2 Å². The second-order valence-electron chi connectivity index (χ2n) is 9.08. The van der Waals surface area contributed by atoms with Crippen molar-refractivity contribution in [2.24, 2.45) is 10.9 Å². The number of carbonyl (C=O) groups excluding carboxylic acids is 2. The Balaban J connectivity index is 1.78. The first-order valence-corrected chi connectivity index (χ1v) is 12.0. The molecule has 4 rings (SSSR count). The van der Waals surface area contributed by atoms with E-state index >= 15 is 0 Å². The number of carbonyl (C=O) groups is 2. The van der Waals surface area contributed by atoms with E-state index in [2.05, 4.69) is 4.99 Å². The number of hydrogen-bond donors (Lipinski definition) is 0. The van der Waals surface area contributed by atoms with Crippen molar-refractivity contribution < 1.29 is 37.0 Å². The smallest absolute Gasteiger partial charge is 0.416 e. The van der Waals surface area contributed by atoms with Crippen molar-refractivity contribution in [2.45, 2.75) is 44.7 Å². The largest absolute Gasteiger partial charge is 0.493 e. The molecule has 2 aromatic rings. The van der Waals surface area contributed by atoms with Gasteiger partial charge in [0.05, 0.1) is 26.4 Å². The number of methoxy groups -OCH3 is 2. The Labute approximate surface area is 213 Å². The lowest BCUT2D eigenvalue weighted by molar-refractivity contribution is -0.146. The Morgan fingerprint density at radius 3 is 2.24 bits per heavy atom. The summed E-state index contributed by atoms with van der Waals surface area (Å²) in [7, 11) is 3.08. The van der Waals surface area contributed by atoms with Crippen molar-refractivity contribution in [1.29, 1.82) is 0 Å². The minimum atomic E-state index is -4.50. The summed E-state index contributed by atoms with van der Waals surface area (Å²) >= 11 is 0. The SMILES string of the molecule is CCOC(=O)C1C(C)=NC2=C(C(=O)C[C@H](c3ccc(OC)c(OC)c3)C2)[C@H]1c1ccc(C(F)(F)F)cc1. The highest BCUT2D eigenvalue weighted by Crippen LogP contribution is 2.48. The molecule has 0 bridgehead atoms. The summed E-state index contributed by atoms with van der Waals surface area (Å²) in [4.78, 5) is 31.3. The van der Waals surface area contributed by atoms with Gasteiger partial charge >= 0.3 is 12.1 Å². The quantitative estimate of drug-likeness (QED) is 0.451. The van der Waals surface area contributed by atoms with E-state index in [-0.39, 0.29) is 24.7 Å². The monoisotopic (exact) mass is 515 g/mol. The van der Waals surface area contributed by atoms with Crippen LogP contribution in [0.4, 0.5) is 13.2 Å². The highest BCUT2D eigenvalue weighted by atomic mass is 19.4. The van der Waals surface area contributed by atoms with Gasteiger partial charge in [0.2, 0.25) is 0 Å². The minimum absolute atomic E-state index is 0.129. The van der Waals surface area contributed by atoms with Crippen LogP contribution in [-0.2, 0) is 20.5 Å². The lowest BCUT2D eigenvalue weighted by atomic mass is 9.69. The van der Waals surface area contributed by atoms with Gasteiger partial charge in [-0.3, -0.25) is 14.6 Å². The lowest BCUT2D eigenvalue weighted by Crippen LogP contribution is -2.38. The number of aliphatic imine (C=N–C) groups is 1. The fraction of sp³-hybridized carbons (Fsp3) is 0.393. The van der Waals surface area contributed by atoms with E-state index in [9.17, 15) is 22.8 Å². The second kappa shape index (κ2) is 10.4. The number of nitrogens with zero attached hydrogens (tertiary/aromatic N) is 1.